The van der Waals surface area contributed by atoms with Gasteiger partial charge in [-0.15, -0.1) is 0 Å². The minimum Gasteiger partial charge on any atom is -0.0949 e. The summed E-state index contributed by atoms with van der Waals surface area (Å²) in [5.41, 5.74) is 7.80. The summed E-state index contributed by atoms with van der Waals surface area (Å²) < 4.78 is 0. The van der Waals surface area contributed by atoms with E-state index >= 15 is 0 Å². The fraction of sp³-hybridized carbons (Fsp3) is 0.259. The Morgan fingerprint density at radius 3 is 2.00 bits per heavy atom. The van der Waals surface area contributed by atoms with Crippen LogP contribution in [-0.4, -0.2) is 0 Å². The van der Waals surface area contributed by atoms with Gasteiger partial charge < -0.3 is 0 Å². The van der Waals surface area contributed by atoms with Gasteiger partial charge in [-0.2, -0.15) is 0 Å². The highest BCUT2D eigenvalue weighted by molar-refractivity contribution is 5.70. The van der Waals surface area contributed by atoms with Crippen LogP contribution in [0.15, 0.2) is 85.4 Å². The van der Waals surface area contributed by atoms with E-state index in [-0.39, 0.29) is 0 Å². The SMILES string of the molecule is C=C(Cc1ccc(C2CCCCC2)cc1)c1ccc(-c2ccccc2)cc1. The Kier molecular flexibility index (Phi) is 5.53. The van der Waals surface area contributed by atoms with E-state index in [1.165, 1.54) is 65.5 Å². The molecule has 0 radical (unpaired) electrons. The normalized spacial score (nSPS) is 14.8. The second-order valence-corrected chi connectivity index (χ2v) is 7.80. The molecule has 0 aliphatic heterocycles. The summed E-state index contributed by atoms with van der Waals surface area (Å²) in [7, 11) is 0. The summed E-state index contributed by atoms with van der Waals surface area (Å²) in [5, 5.41) is 0. The van der Waals surface area contributed by atoms with Gasteiger partial charge in [-0.05, 0) is 58.6 Å². The van der Waals surface area contributed by atoms with Gasteiger partial charge in [-0.25, -0.2) is 0 Å². The summed E-state index contributed by atoms with van der Waals surface area (Å²) in [5.74, 6) is 0.779. The van der Waals surface area contributed by atoms with E-state index in [0.717, 1.165) is 12.3 Å². The van der Waals surface area contributed by atoms with Gasteiger partial charge in [0.05, 0.1) is 0 Å². The Bertz CT molecular complexity index is 864. The molecule has 0 heterocycles. The molecule has 136 valence electrons. The van der Waals surface area contributed by atoms with Gasteiger partial charge in [0.25, 0.3) is 0 Å². The average molecular weight is 353 g/mol. The van der Waals surface area contributed by atoms with Crippen molar-refractivity contribution in [1.29, 1.82) is 0 Å². The van der Waals surface area contributed by atoms with Crippen LogP contribution in [0.25, 0.3) is 16.7 Å². The third-order valence-corrected chi connectivity index (χ3v) is 5.87. The van der Waals surface area contributed by atoms with E-state index < -0.39 is 0 Å². The number of hydrogen-bond donors (Lipinski definition) is 0. The largest absolute Gasteiger partial charge is 0.0949 e. The molecular formula is C27H28. The van der Waals surface area contributed by atoms with Gasteiger partial charge in [-0.3, -0.25) is 0 Å². The summed E-state index contributed by atoms with van der Waals surface area (Å²) in [6.45, 7) is 4.33. The Labute approximate surface area is 163 Å². The predicted octanol–water partition coefficient (Wildman–Crippen LogP) is 7.66. The molecular weight excluding hydrogens is 324 g/mol. The van der Waals surface area contributed by atoms with Gasteiger partial charge in [0.2, 0.25) is 0 Å². The van der Waals surface area contributed by atoms with Crippen molar-refractivity contribution >= 4 is 5.57 Å². The molecule has 1 aliphatic rings. The molecule has 0 heteroatoms. The minimum atomic E-state index is 0.779. The van der Waals surface area contributed by atoms with Crippen molar-refractivity contribution in [2.24, 2.45) is 0 Å². The molecule has 0 aromatic heterocycles. The molecule has 1 fully saturated rings. The zero-order chi connectivity index (χ0) is 18.5. The number of allylic oxidation sites excluding steroid dienone is 1. The molecule has 0 saturated heterocycles. The maximum atomic E-state index is 4.33. The van der Waals surface area contributed by atoms with Gasteiger partial charge in [0, 0.05) is 0 Å². The summed E-state index contributed by atoms with van der Waals surface area (Å²) in [6, 6.07) is 28.6. The van der Waals surface area contributed by atoms with Crippen LogP contribution in [0.5, 0.6) is 0 Å². The molecule has 27 heavy (non-hydrogen) atoms. The average Bonchev–Trinajstić information content (AvgIpc) is 2.76. The number of benzene rings is 3. The third kappa shape index (κ3) is 4.39. The highest BCUT2D eigenvalue weighted by atomic mass is 14.2. The van der Waals surface area contributed by atoms with Crippen LogP contribution in [0.4, 0.5) is 0 Å². The van der Waals surface area contributed by atoms with Crippen molar-refractivity contribution in [3.05, 3.63) is 102 Å². The fourth-order valence-electron chi connectivity index (χ4n) is 4.22. The van der Waals surface area contributed by atoms with Crippen LogP contribution in [0.2, 0.25) is 0 Å². The van der Waals surface area contributed by atoms with Crippen molar-refractivity contribution in [2.45, 2.75) is 44.4 Å². The summed E-state index contributed by atoms with van der Waals surface area (Å²) in [6.07, 6.45) is 7.83. The van der Waals surface area contributed by atoms with E-state index in [9.17, 15) is 0 Å². The van der Waals surface area contributed by atoms with Crippen LogP contribution >= 0.6 is 0 Å². The fourth-order valence-corrected chi connectivity index (χ4v) is 4.22. The van der Waals surface area contributed by atoms with Gasteiger partial charge in [0.15, 0.2) is 0 Å². The third-order valence-electron chi connectivity index (χ3n) is 5.87. The van der Waals surface area contributed by atoms with Crippen molar-refractivity contribution in [3.63, 3.8) is 0 Å². The van der Waals surface area contributed by atoms with Gasteiger partial charge >= 0.3 is 0 Å². The quantitative estimate of drug-likeness (QED) is 0.442. The Balaban J connectivity index is 1.41. The van der Waals surface area contributed by atoms with E-state index in [1.54, 1.807) is 0 Å². The lowest BCUT2D eigenvalue weighted by atomic mass is 9.83. The first-order valence-corrected chi connectivity index (χ1v) is 10.2. The molecule has 1 saturated carbocycles. The monoisotopic (exact) mass is 352 g/mol. The maximum absolute atomic E-state index is 4.33. The zero-order valence-corrected chi connectivity index (χ0v) is 16.0. The molecule has 0 amide bonds. The van der Waals surface area contributed by atoms with Crippen LogP contribution in [0, 0.1) is 0 Å². The number of hydrogen-bond acceptors (Lipinski definition) is 0. The minimum absolute atomic E-state index is 0.779. The van der Waals surface area contributed by atoms with Crippen molar-refractivity contribution in [2.75, 3.05) is 0 Å². The molecule has 0 nitrogen and oxygen atoms in total. The van der Waals surface area contributed by atoms with E-state index in [0.29, 0.717) is 0 Å². The van der Waals surface area contributed by atoms with E-state index in [2.05, 4.69) is 85.4 Å². The second-order valence-electron chi connectivity index (χ2n) is 7.80. The standard InChI is InChI=1S/C27H28/c1-21(23-16-18-27(19-17-23)25-10-6-3-7-11-25)20-22-12-14-26(15-13-22)24-8-4-2-5-9-24/h3,6-7,10-19,24H,1-2,4-5,8-9,20H2. The molecule has 0 unspecified atom stereocenters. The Morgan fingerprint density at radius 2 is 1.33 bits per heavy atom. The van der Waals surface area contributed by atoms with Crippen LogP contribution in [-0.2, 0) is 6.42 Å². The lowest BCUT2D eigenvalue weighted by Gasteiger charge is -2.22. The topological polar surface area (TPSA) is 0 Å². The smallest absolute Gasteiger partial charge is 0.00257 e. The molecule has 0 spiro atoms. The highest BCUT2D eigenvalue weighted by Crippen LogP contribution is 2.33. The van der Waals surface area contributed by atoms with Gasteiger partial charge in [-0.1, -0.05) is 105 Å². The van der Waals surface area contributed by atoms with E-state index in [4.69, 9.17) is 0 Å². The second kappa shape index (κ2) is 8.39. The van der Waals surface area contributed by atoms with Crippen molar-refractivity contribution < 1.29 is 0 Å². The van der Waals surface area contributed by atoms with Crippen LogP contribution in [0.3, 0.4) is 0 Å². The van der Waals surface area contributed by atoms with Gasteiger partial charge in [0.1, 0.15) is 0 Å². The zero-order valence-electron chi connectivity index (χ0n) is 16.0. The molecule has 0 N–H and O–H groups in total. The summed E-state index contributed by atoms with van der Waals surface area (Å²) >= 11 is 0. The van der Waals surface area contributed by atoms with Crippen molar-refractivity contribution in [1.82, 2.24) is 0 Å². The molecule has 3 aromatic rings. The van der Waals surface area contributed by atoms with Crippen LogP contribution < -0.4 is 0 Å². The lowest BCUT2D eigenvalue weighted by molar-refractivity contribution is 0.443. The number of rotatable bonds is 5. The molecule has 3 aromatic carbocycles. The summed E-state index contributed by atoms with van der Waals surface area (Å²) in [4.78, 5) is 0. The molecule has 4 rings (SSSR count). The Morgan fingerprint density at radius 1 is 0.704 bits per heavy atom. The van der Waals surface area contributed by atoms with Crippen LogP contribution in [0.1, 0.15) is 54.7 Å². The Hall–Kier alpha value is -2.60. The first-order chi connectivity index (χ1) is 13.3. The molecule has 0 atom stereocenters. The predicted molar refractivity (Wildman–Crippen MR) is 117 cm³/mol. The maximum Gasteiger partial charge on any atom is -0.00257 e. The van der Waals surface area contributed by atoms with Crippen molar-refractivity contribution in [3.8, 4) is 11.1 Å². The lowest BCUT2D eigenvalue weighted by Crippen LogP contribution is -2.04. The first kappa shape index (κ1) is 17.8. The first-order valence-electron chi connectivity index (χ1n) is 10.2. The molecule has 1 aliphatic carbocycles. The molecule has 0 bridgehead atoms. The highest BCUT2D eigenvalue weighted by Gasteiger charge is 2.15. The van der Waals surface area contributed by atoms with E-state index in [1.807, 2.05) is 0 Å².